The molecule has 0 saturated heterocycles. The number of aryl methyl sites for hydroxylation is 1. The normalized spacial score (nSPS) is 12.4. The van der Waals surface area contributed by atoms with Crippen molar-refractivity contribution in [3.63, 3.8) is 0 Å². The largest absolute Gasteiger partial charge is 0.484 e. The van der Waals surface area contributed by atoms with Gasteiger partial charge < -0.3 is 15.0 Å². The number of hydrogen-bond donors (Lipinski definition) is 1. The minimum atomic E-state index is -0.662. The Morgan fingerprint density at radius 2 is 1.56 bits per heavy atom. The lowest BCUT2D eigenvalue weighted by Gasteiger charge is -2.32. The van der Waals surface area contributed by atoms with E-state index in [1.807, 2.05) is 106 Å². The number of hydrogen-bond acceptors (Lipinski definition) is 3. The van der Waals surface area contributed by atoms with Gasteiger partial charge in [0.05, 0.1) is 0 Å². The molecular formula is C29H34N2O3. The van der Waals surface area contributed by atoms with Gasteiger partial charge in [0.1, 0.15) is 11.8 Å². The maximum Gasteiger partial charge on any atom is 0.261 e. The number of rotatable bonds is 11. The van der Waals surface area contributed by atoms with E-state index in [0.29, 0.717) is 18.7 Å². The van der Waals surface area contributed by atoms with Crippen LogP contribution in [0.3, 0.4) is 0 Å². The minimum absolute atomic E-state index is 0.0167. The van der Waals surface area contributed by atoms with Gasteiger partial charge in [-0.15, -0.1) is 0 Å². The molecule has 3 aromatic rings. The van der Waals surface area contributed by atoms with E-state index in [1.54, 1.807) is 4.90 Å². The molecule has 2 atom stereocenters. The Morgan fingerprint density at radius 1 is 0.912 bits per heavy atom. The number of nitrogens with zero attached hydrogens (tertiary/aromatic N) is 1. The first kappa shape index (κ1) is 25.0. The van der Waals surface area contributed by atoms with E-state index < -0.39 is 6.04 Å². The molecule has 0 spiro atoms. The van der Waals surface area contributed by atoms with Crippen LogP contribution < -0.4 is 10.1 Å². The van der Waals surface area contributed by atoms with Gasteiger partial charge in [-0.2, -0.15) is 0 Å². The molecule has 34 heavy (non-hydrogen) atoms. The summed E-state index contributed by atoms with van der Waals surface area (Å²) in [5.74, 6) is 0.250. The van der Waals surface area contributed by atoms with E-state index in [2.05, 4.69) is 5.32 Å². The molecule has 0 radical (unpaired) electrons. The summed E-state index contributed by atoms with van der Waals surface area (Å²) in [6.07, 6.45) is 1.24. The summed E-state index contributed by atoms with van der Waals surface area (Å²) >= 11 is 0. The van der Waals surface area contributed by atoms with Gasteiger partial charge >= 0.3 is 0 Å². The van der Waals surface area contributed by atoms with Gasteiger partial charge in [0, 0.05) is 19.0 Å². The van der Waals surface area contributed by atoms with Crippen molar-refractivity contribution in [2.45, 2.75) is 52.2 Å². The minimum Gasteiger partial charge on any atom is -0.484 e. The Bertz CT molecular complexity index is 1050. The molecule has 0 unspecified atom stereocenters. The summed E-state index contributed by atoms with van der Waals surface area (Å²) in [4.78, 5) is 28.6. The molecule has 3 aromatic carbocycles. The van der Waals surface area contributed by atoms with Crippen molar-refractivity contribution in [3.8, 4) is 5.75 Å². The molecule has 1 N–H and O–H groups in total. The Hall–Kier alpha value is -3.60. The molecule has 0 fully saturated rings. The van der Waals surface area contributed by atoms with Gasteiger partial charge in [-0.1, -0.05) is 79.7 Å². The zero-order valence-corrected chi connectivity index (χ0v) is 20.2. The summed E-state index contributed by atoms with van der Waals surface area (Å²) in [6, 6.07) is 26.5. The van der Waals surface area contributed by atoms with E-state index in [1.165, 1.54) is 0 Å². The molecule has 0 aliphatic carbocycles. The highest BCUT2D eigenvalue weighted by Gasteiger charge is 2.31. The van der Waals surface area contributed by atoms with Crippen molar-refractivity contribution in [1.82, 2.24) is 10.2 Å². The highest BCUT2D eigenvalue weighted by molar-refractivity contribution is 5.88. The molecule has 0 aliphatic heterocycles. The van der Waals surface area contributed by atoms with Crippen LogP contribution in [0.15, 0.2) is 84.9 Å². The molecule has 0 saturated carbocycles. The van der Waals surface area contributed by atoms with Gasteiger partial charge in [0.25, 0.3) is 5.91 Å². The fourth-order valence-corrected chi connectivity index (χ4v) is 3.71. The van der Waals surface area contributed by atoms with Crippen LogP contribution in [-0.2, 0) is 22.6 Å². The zero-order valence-electron chi connectivity index (χ0n) is 20.2. The van der Waals surface area contributed by atoms with Crippen molar-refractivity contribution in [3.05, 3.63) is 102 Å². The Balaban J connectivity index is 1.89. The van der Waals surface area contributed by atoms with Crippen molar-refractivity contribution in [1.29, 1.82) is 0 Å². The van der Waals surface area contributed by atoms with E-state index in [9.17, 15) is 9.59 Å². The molecule has 0 aromatic heterocycles. The summed E-state index contributed by atoms with van der Waals surface area (Å²) < 4.78 is 5.83. The van der Waals surface area contributed by atoms with Crippen LogP contribution >= 0.6 is 0 Å². The molecular weight excluding hydrogens is 424 g/mol. The molecule has 3 rings (SSSR count). The van der Waals surface area contributed by atoms with Gasteiger partial charge in [0.2, 0.25) is 5.91 Å². The zero-order chi connectivity index (χ0) is 24.3. The van der Waals surface area contributed by atoms with Gasteiger partial charge in [-0.3, -0.25) is 9.59 Å². The van der Waals surface area contributed by atoms with Crippen LogP contribution in [0.25, 0.3) is 0 Å². The lowest BCUT2D eigenvalue weighted by Crippen LogP contribution is -2.53. The van der Waals surface area contributed by atoms with Crippen molar-refractivity contribution >= 4 is 11.8 Å². The number of benzene rings is 3. The van der Waals surface area contributed by atoms with Crippen LogP contribution in [0, 0.1) is 6.92 Å². The second kappa shape index (κ2) is 12.6. The maximum atomic E-state index is 13.5. The molecule has 5 heteroatoms. The average molecular weight is 459 g/mol. The van der Waals surface area contributed by atoms with E-state index in [0.717, 1.165) is 23.1 Å². The number of amides is 2. The van der Waals surface area contributed by atoms with Crippen molar-refractivity contribution < 1.29 is 14.3 Å². The van der Waals surface area contributed by atoms with Crippen LogP contribution in [0.2, 0.25) is 0 Å². The van der Waals surface area contributed by atoms with Gasteiger partial charge in [0.15, 0.2) is 6.61 Å². The third-order valence-corrected chi connectivity index (χ3v) is 5.82. The standard InChI is InChI=1S/C29H34N2O3/c1-4-23(3)30-29(33)27(19-24-13-7-5-8-14-24)31(20-25-15-9-6-10-16-25)28(32)21-34-26-17-11-12-22(2)18-26/h5-18,23,27H,4,19-21H2,1-3H3,(H,30,33)/t23-,27+/m1/s1. The monoisotopic (exact) mass is 458 g/mol. The Kier molecular flexibility index (Phi) is 9.27. The lowest BCUT2D eigenvalue weighted by molar-refractivity contribution is -0.143. The average Bonchev–Trinajstić information content (AvgIpc) is 2.85. The predicted octanol–water partition coefficient (Wildman–Crippen LogP) is 4.93. The highest BCUT2D eigenvalue weighted by atomic mass is 16.5. The fraction of sp³-hybridized carbons (Fsp3) is 0.310. The SMILES string of the molecule is CC[C@@H](C)NC(=O)[C@H](Cc1ccccc1)N(Cc1ccccc1)C(=O)COc1cccc(C)c1. The number of ether oxygens (including phenoxy) is 1. The van der Waals surface area contributed by atoms with Gasteiger partial charge in [-0.25, -0.2) is 0 Å². The van der Waals surface area contributed by atoms with Crippen LogP contribution in [0.5, 0.6) is 5.75 Å². The van der Waals surface area contributed by atoms with Crippen molar-refractivity contribution in [2.75, 3.05) is 6.61 Å². The molecule has 178 valence electrons. The maximum absolute atomic E-state index is 13.5. The summed E-state index contributed by atoms with van der Waals surface area (Å²) in [7, 11) is 0. The molecule has 5 nitrogen and oxygen atoms in total. The van der Waals surface area contributed by atoms with Crippen LogP contribution in [-0.4, -0.2) is 35.4 Å². The van der Waals surface area contributed by atoms with E-state index in [-0.39, 0.29) is 24.5 Å². The molecule has 2 amide bonds. The summed E-state index contributed by atoms with van der Waals surface area (Å²) in [5, 5.41) is 3.08. The third-order valence-electron chi connectivity index (χ3n) is 5.82. The van der Waals surface area contributed by atoms with E-state index in [4.69, 9.17) is 4.74 Å². The van der Waals surface area contributed by atoms with Crippen molar-refractivity contribution in [2.24, 2.45) is 0 Å². The first-order valence-corrected chi connectivity index (χ1v) is 11.8. The first-order chi connectivity index (χ1) is 16.5. The number of nitrogens with one attached hydrogen (secondary N) is 1. The fourth-order valence-electron chi connectivity index (χ4n) is 3.71. The highest BCUT2D eigenvalue weighted by Crippen LogP contribution is 2.17. The Morgan fingerprint density at radius 3 is 2.18 bits per heavy atom. The predicted molar refractivity (Wildman–Crippen MR) is 135 cm³/mol. The van der Waals surface area contributed by atoms with E-state index >= 15 is 0 Å². The molecule has 0 bridgehead atoms. The van der Waals surface area contributed by atoms with Crippen LogP contribution in [0.4, 0.5) is 0 Å². The second-order valence-electron chi connectivity index (χ2n) is 8.64. The summed E-state index contributed by atoms with van der Waals surface area (Å²) in [5.41, 5.74) is 3.01. The smallest absolute Gasteiger partial charge is 0.261 e. The third kappa shape index (κ3) is 7.48. The topological polar surface area (TPSA) is 58.6 Å². The quantitative estimate of drug-likeness (QED) is 0.443. The lowest BCUT2D eigenvalue weighted by atomic mass is 10.0. The Labute approximate surface area is 202 Å². The van der Waals surface area contributed by atoms with Gasteiger partial charge in [-0.05, 0) is 49.1 Å². The first-order valence-electron chi connectivity index (χ1n) is 11.8. The summed E-state index contributed by atoms with van der Waals surface area (Å²) in [6.45, 7) is 6.16. The number of carbonyl (C=O) groups is 2. The number of carbonyl (C=O) groups excluding carboxylic acids is 2. The van der Waals surface area contributed by atoms with Crippen LogP contribution in [0.1, 0.15) is 37.0 Å². The molecule has 0 heterocycles. The molecule has 0 aliphatic rings. The second-order valence-corrected chi connectivity index (χ2v) is 8.64.